The zero-order chi connectivity index (χ0) is 14.4. The van der Waals surface area contributed by atoms with Gasteiger partial charge in [0.05, 0.1) is 24.8 Å². The molecule has 19 heavy (non-hydrogen) atoms. The van der Waals surface area contributed by atoms with Crippen LogP contribution in [0.1, 0.15) is 24.2 Å². The van der Waals surface area contributed by atoms with Gasteiger partial charge in [-0.3, -0.25) is 14.6 Å². The number of rotatable bonds is 6. The topological polar surface area (TPSA) is 79.7 Å². The summed E-state index contributed by atoms with van der Waals surface area (Å²) in [6.07, 6.45) is 2.96. The lowest BCUT2D eigenvalue weighted by Crippen LogP contribution is -2.36. The van der Waals surface area contributed by atoms with E-state index >= 15 is 0 Å². The van der Waals surface area contributed by atoms with E-state index in [1.54, 1.807) is 19.9 Å². The molecule has 0 bridgehead atoms. The summed E-state index contributed by atoms with van der Waals surface area (Å²) in [7, 11) is 1.46. The molecule has 0 aliphatic carbocycles. The number of aliphatic carboxylic acids is 1. The number of aromatic nitrogens is 1. The normalized spacial score (nSPS) is 11.7. The van der Waals surface area contributed by atoms with Gasteiger partial charge in [0.2, 0.25) is 0 Å². The van der Waals surface area contributed by atoms with Crippen LogP contribution in [-0.2, 0) is 4.79 Å². The number of amides is 1. The van der Waals surface area contributed by atoms with Crippen molar-refractivity contribution < 1.29 is 19.4 Å². The molecule has 0 saturated heterocycles. The molecular weight excluding hydrogens is 248 g/mol. The number of carbonyl (C=O) groups excluding carboxylic acids is 1. The molecule has 1 amide bonds. The van der Waals surface area contributed by atoms with Crippen LogP contribution in [0, 0.1) is 5.92 Å². The van der Waals surface area contributed by atoms with Crippen molar-refractivity contribution >= 4 is 11.9 Å². The highest BCUT2D eigenvalue weighted by atomic mass is 16.5. The lowest BCUT2D eigenvalue weighted by Gasteiger charge is -2.23. The summed E-state index contributed by atoms with van der Waals surface area (Å²) in [5.74, 6) is -1.41. The number of hydrogen-bond donors (Lipinski definition) is 1. The van der Waals surface area contributed by atoms with Crippen molar-refractivity contribution in [2.75, 3.05) is 20.2 Å². The predicted molar refractivity (Wildman–Crippen MR) is 69.2 cm³/mol. The molecule has 1 rings (SSSR count). The Morgan fingerprint density at radius 1 is 1.53 bits per heavy atom. The first-order valence-electron chi connectivity index (χ1n) is 6.01. The van der Waals surface area contributed by atoms with Crippen LogP contribution >= 0.6 is 0 Å². The van der Waals surface area contributed by atoms with Crippen LogP contribution in [0.15, 0.2) is 18.5 Å². The Morgan fingerprint density at radius 2 is 2.21 bits per heavy atom. The van der Waals surface area contributed by atoms with E-state index in [-0.39, 0.29) is 12.5 Å². The van der Waals surface area contributed by atoms with Crippen LogP contribution in [0.25, 0.3) is 0 Å². The van der Waals surface area contributed by atoms with Crippen molar-refractivity contribution in [1.29, 1.82) is 0 Å². The van der Waals surface area contributed by atoms with Gasteiger partial charge in [-0.05, 0) is 13.0 Å². The number of methoxy groups -OCH3 is 1. The minimum Gasteiger partial charge on any atom is -0.494 e. The highest BCUT2D eigenvalue weighted by Gasteiger charge is 2.22. The summed E-state index contributed by atoms with van der Waals surface area (Å²) in [6, 6.07) is 1.56. The van der Waals surface area contributed by atoms with Gasteiger partial charge in [0.15, 0.2) is 0 Å². The van der Waals surface area contributed by atoms with Gasteiger partial charge in [0.25, 0.3) is 5.91 Å². The molecule has 0 aliphatic rings. The van der Waals surface area contributed by atoms with E-state index in [9.17, 15) is 9.59 Å². The highest BCUT2D eigenvalue weighted by molar-refractivity contribution is 5.96. The van der Waals surface area contributed by atoms with Gasteiger partial charge in [-0.15, -0.1) is 0 Å². The molecule has 0 radical (unpaired) electrons. The second kappa shape index (κ2) is 6.72. The van der Waals surface area contributed by atoms with Gasteiger partial charge >= 0.3 is 5.97 Å². The number of carbonyl (C=O) groups is 2. The molecule has 1 aromatic rings. The predicted octanol–water partition coefficient (Wildman–Crippen LogP) is 1.27. The highest BCUT2D eigenvalue weighted by Crippen LogP contribution is 2.18. The van der Waals surface area contributed by atoms with Crippen LogP contribution in [0.4, 0.5) is 0 Å². The molecule has 1 unspecified atom stereocenters. The molecule has 104 valence electrons. The SMILES string of the molecule is CCN(CC(C)C(=O)O)C(=O)c1ccncc1OC. The third-order valence-electron chi connectivity index (χ3n) is 2.82. The number of pyridine rings is 1. The summed E-state index contributed by atoms with van der Waals surface area (Å²) < 4.78 is 5.09. The van der Waals surface area contributed by atoms with E-state index in [1.807, 2.05) is 0 Å². The van der Waals surface area contributed by atoms with Crippen molar-refractivity contribution in [3.05, 3.63) is 24.0 Å². The molecule has 0 aliphatic heterocycles. The zero-order valence-electron chi connectivity index (χ0n) is 11.3. The fourth-order valence-corrected chi connectivity index (χ4v) is 1.65. The molecule has 0 spiro atoms. The first-order valence-corrected chi connectivity index (χ1v) is 6.01. The third kappa shape index (κ3) is 3.67. The molecular formula is C13H18N2O4. The Hall–Kier alpha value is -2.11. The Labute approximate surface area is 112 Å². The van der Waals surface area contributed by atoms with Crippen molar-refractivity contribution in [3.63, 3.8) is 0 Å². The molecule has 1 heterocycles. The average Bonchev–Trinajstić information content (AvgIpc) is 2.43. The van der Waals surface area contributed by atoms with Gasteiger partial charge in [-0.1, -0.05) is 6.92 Å². The van der Waals surface area contributed by atoms with Crippen LogP contribution in [0.5, 0.6) is 5.75 Å². The quantitative estimate of drug-likeness (QED) is 0.838. The van der Waals surface area contributed by atoms with Crippen molar-refractivity contribution in [2.24, 2.45) is 5.92 Å². The Bertz CT molecular complexity index is 462. The third-order valence-corrected chi connectivity index (χ3v) is 2.82. The molecule has 6 nitrogen and oxygen atoms in total. The maximum absolute atomic E-state index is 12.3. The first kappa shape index (κ1) is 14.9. The Balaban J connectivity index is 2.92. The van der Waals surface area contributed by atoms with Gasteiger partial charge in [-0.2, -0.15) is 0 Å². The number of carboxylic acids is 1. The smallest absolute Gasteiger partial charge is 0.308 e. The average molecular weight is 266 g/mol. The monoisotopic (exact) mass is 266 g/mol. The van der Waals surface area contributed by atoms with Crippen molar-refractivity contribution in [1.82, 2.24) is 9.88 Å². The summed E-state index contributed by atoms with van der Waals surface area (Å²) in [6.45, 7) is 3.97. The first-order chi connectivity index (χ1) is 9.01. The van der Waals surface area contributed by atoms with Gasteiger partial charge in [0.1, 0.15) is 5.75 Å². The fraction of sp³-hybridized carbons (Fsp3) is 0.462. The van der Waals surface area contributed by atoms with Gasteiger partial charge < -0.3 is 14.7 Å². The summed E-state index contributed by atoms with van der Waals surface area (Å²) >= 11 is 0. The van der Waals surface area contributed by atoms with Crippen LogP contribution < -0.4 is 4.74 Å². The van der Waals surface area contributed by atoms with E-state index in [1.165, 1.54) is 24.4 Å². The van der Waals surface area contributed by atoms with Crippen molar-refractivity contribution in [2.45, 2.75) is 13.8 Å². The number of ether oxygens (including phenoxy) is 1. The number of hydrogen-bond acceptors (Lipinski definition) is 4. The number of nitrogens with zero attached hydrogens (tertiary/aromatic N) is 2. The lowest BCUT2D eigenvalue weighted by atomic mass is 10.1. The summed E-state index contributed by atoms with van der Waals surface area (Å²) in [4.78, 5) is 28.6. The number of carboxylic acid groups (broad SMARTS) is 1. The molecule has 1 N–H and O–H groups in total. The standard InChI is InChI=1S/C13H18N2O4/c1-4-15(8-9(2)13(17)18)12(16)10-5-6-14-7-11(10)19-3/h5-7,9H,4,8H2,1-3H3,(H,17,18). The van der Waals surface area contributed by atoms with E-state index in [2.05, 4.69) is 4.98 Å². The largest absolute Gasteiger partial charge is 0.494 e. The second-order valence-electron chi connectivity index (χ2n) is 4.16. The summed E-state index contributed by atoms with van der Waals surface area (Å²) in [5.41, 5.74) is 0.386. The second-order valence-corrected chi connectivity index (χ2v) is 4.16. The molecule has 1 atom stereocenters. The van der Waals surface area contributed by atoms with E-state index in [0.29, 0.717) is 17.9 Å². The Kier molecular flexibility index (Phi) is 5.29. The fourth-order valence-electron chi connectivity index (χ4n) is 1.65. The minimum absolute atomic E-state index is 0.163. The molecule has 0 aromatic carbocycles. The summed E-state index contributed by atoms with van der Waals surface area (Å²) in [5, 5.41) is 8.91. The van der Waals surface area contributed by atoms with Crippen LogP contribution in [0.2, 0.25) is 0 Å². The van der Waals surface area contributed by atoms with E-state index in [0.717, 1.165) is 0 Å². The molecule has 6 heteroatoms. The van der Waals surface area contributed by atoms with Gasteiger partial charge in [-0.25, -0.2) is 0 Å². The van der Waals surface area contributed by atoms with E-state index < -0.39 is 11.9 Å². The maximum Gasteiger partial charge on any atom is 0.308 e. The zero-order valence-corrected chi connectivity index (χ0v) is 11.3. The minimum atomic E-state index is -0.923. The van der Waals surface area contributed by atoms with E-state index in [4.69, 9.17) is 9.84 Å². The molecule has 0 saturated carbocycles. The van der Waals surface area contributed by atoms with Crippen molar-refractivity contribution in [3.8, 4) is 5.75 Å². The lowest BCUT2D eigenvalue weighted by molar-refractivity contribution is -0.141. The molecule has 1 aromatic heterocycles. The van der Waals surface area contributed by atoms with Crippen LogP contribution in [-0.4, -0.2) is 47.1 Å². The Morgan fingerprint density at radius 3 is 2.74 bits per heavy atom. The van der Waals surface area contributed by atoms with Crippen LogP contribution in [0.3, 0.4) is 0 Å². The molecule has 0 fully saturated rings. The maximum atomic E-state index is 12.3. The van der Waals surface area contributed by atoms with Gasteiger partial charge in [0, 0.05) is 19.3 Å².